The van der Waals surface area contributed by atoms with E-state index in [-0.39, 0.29) is 0 Å². The van der Waals surface area contributed by atoms with E-state index in [0.29, 0.717) is 0 Å². The number of aromatic nitrogens is 2. The second-order valence-electron chi connectivity index (χ2n) is 35.5. The summed E-state index contributed by atoms with van der Waals surface area (Å²) in [4.78, 5) is 0. The zero-order chi connectivity index (χ0) is 88.5. The van der Waals surface area contributed by atoms with E-state index >= 15 is 0 Å². The lowest BCUT2D eigenvalue weighted by Crippen LogP contribution is -1.93. The molecule has 135 heavy (non-hydrogen) atoms. The summed E-state index contributed by atoms with van der Waals surface area (Å²) in [6.07, 6.45) is 0. The molecule has 0 spiro atoms. The molecule has 0 unspecified atom stereocenters. The maximum absolute atomic E-state index is 6.40. The predicted molar refractivity (Wildman–Crippen MR) is 587 cm³/mol. The van der Waals surface area contributed by atoms with E-state index in [1.54, 1.807) is 0 Å². The summed E-state index contributed by atoms with van der Waals surface area (Å²) in [6.45, 7) is 0. The third-order valence-electron chi connectivity index (χ3n) is 28.0. The molecule has 628 valence electrons. The molecule has 30 aromatic rings. The van der Waals surface area contributed by atoms with Crippen molar-refractivity contribution in [1.82, 2.24) is 9.13 Å². The Morgan fingerprint density at radius 2 is 0.630 bits per heavy atom. The zero-order valence-corrected chi connectivity index (χ0v) is 76.1. The molecule has 23 aromatic carbocycles. The highest BCUT2D eigenvalue weighted by Gasteiger charge is 2.26. The molecule has 30 rings (SSSR count). The van der Waals surface area contributed by atoms with Crippen LogP contribution < -0.4 is 0 Å². The van der Waals surface area contributed by atoms with Crippen LogP contribution in [0.25, 0.3) is 279 Å². The van der Waals surface area contributed by atoms with Crippen molar-refractivity contribution in [2.24, 2.45) is 0 Å². The van der Waals surface area contributed by atoms with Gasteiger partial charge in [0.05, 0.1) is 22.1 Å². The Labute approximate surface area is 791 Å². The topological polar surface area (TPSA) is 23.0 Å². The Bertz CT molecular complexity index is 10100. The normalized spacial score (nSPS) is 12.0. The van der Waals surface area contributed by atoms with Crippen LogP contribution in [0.3, 0.4) is 0 Å². The van der Waals surface area contributed by atoms with Crippen LogP contribution in [0.15, 0.2) is 465 Å². The number of hydrogen-bond acceptors (Lipinski definition) is 5. The lowest BCUT2D eigenvalue weighted by atomic mass is 9.85. The molecule has 0 aliphatic carbocycles. The standard InChI is InChI=1S/C50H30N2S.C40H24OS.C38H22S2/c1-3-13-33(14-4-1)51-43-20-10-7-17-35(43)41-27-31(23-25-45(41)51)40-28-32-29-42-36-18-9-12-22-47(36)53-48(42)30-39(32)37-24-26-46-50(49(37)40)38-19-8-11-21-44(38)52(46)34-15-5-2-6-16-34;1-3-11-25(12-4-1)27-19-32(26-13-5-2-6-14-26)40-34(20-27)31-23-38-33(29-15-7-9-17-37(29)41-38)21-28(31)22-35(40)36-24-42-39-18-10-8-16-30(36)39;1-2-9-23(10-3-1)24-17-18-26-31-22-37-34(28-12-5-6-15-35(28)39-37)21-25(31)20-33(32(26)19-24)30-14-8-13-29-27-11-4-7-16-36(27)40-38(29)30/h1-30H;1-24H;1-22H. The van der Waals surface area contributed by atoms with E-state index in [9.17, 15) is 0 Å². The van der Waals surface area contributed by atoms with Gasteiger partial charge in [-0.2, -0.15) is 0 Å². The van der Waals surface area contributed by atoms with E-state index in [1.165, 1.54) is 257 Å². The molecule has 0 radical (unpaired) electrons. The number of fused-ring (bicyclic) bond motifs is 29. The van der Waals surface area contributed by atoms with Crippen molar-refractivity contribution in [2.45, 2.75) is 0 Å². The number of para-hydroxylation sites is 5. The average Bonchev–Trinajstić information content (AvgIpc) is 1.61. The summed E-state index contributed by atoms with van der Waals surface area (Å²) < 4.78 is 20.6. The zero-order valence-electron chi connectivity index (χ0n) is 72.8. The van der Waals surface area contributed by atoms with E-state index in [1.807, 2.05) is 51.4 Å². The van der Waals surface area contributed by atoms with Crippen LogP contribution in [-0.2, 0) is 0 Å². The number of benzene rings is 23. The maximum atomic E-state index is 6.40. The van der Waals surface area contributed by atoms with Crippen LogP contribution in [0.1, 0.15) is 0 Å². The summed E-state index contributed by atoms with van der Waals surface area (Å²) in [5.74, 6) is 0. The minimum atomic E-state index is 0.921. The highest BCUT2D eigenvalue weighted by Crippen LogP contribution is 2.53. The van der Waals surface area contributed by atoms with Crippen molar-refractivity contribution in [3.63, 3.8) is 0 Å². The number of hydrogen-bond donors (Lipinski definition) is 0. The van der Waals surface area contributed by atoms with Gasteiger partial charge in [0.15, 0.2) is 0 Å². The van der Waals surface area contributed by atoms with Crippen LogP contribution >= 0.6 is 45.3 Å². The Morgan fingerprint density at radius 3 is 1.30 bits per heavy atom. The molecule has 3 nitrogen and oxygen atoms in total. The fourth-order valence-corrected chi connectivity index (χ4v) is 26.4. The predicted octanol–water partition coefficient (Wildman–Crippen LogP) is 38.4. The lowest BCUT2D eigenvalue weighted by Gasteiger charge is -2.17. The van der Waals surface area contributed by atoms with Crippen LogP contribution in [0.4, 0.5) is 0 Å². The molecule has 0 aliphatic rings. The van der Waals surface area contributed by atoms with Gasteiger partial charge in [-0.3, -0.25) is 0 Å². The lowest BCUT2D eigenvalue weighted by molar-refractivity contribution is 0.669. The Morgan fingerprint density at radius 1 is 0.170 bits per heavy atom. The summed E-state index contributed by atoms with van der Waals surface area (Å²) in [6, 6.07) is 167. The first-order valence-electron chi connectivity index (χ1n) is 46.0. The first kappa shape index (κ1) is 77.4. The summed E-state index contributed by atoms with van der Waals surface area (Å²) in [7, 11) is 0. The summed E-state index contributed by atoms with van der Waals surface area (Å²) in [5.41, 5.74) is 24.1. The minimum Gasteiger partial charge on any atom is -0.456 e. The van der Waals surface area contributed by atoms with Gasteiger partial charge in [0.2, 0.25) is 0 Å². The Balaban J connectivity index is 0.000000102. The SMILES string of the molecule is c1ccc(-c2cc(-c3ccccc3)c3c(-c4csc5ccccc45)cc4cc5c(cc4c3c2)oc2ccccc25)cc1.c1ccc(-c2ccc3c(c2)c(-c2cccc4c2sc2ccccc24)cc2cc4c(cc23)sc2ccccc24)cc1.c1ccc(-n2c3ccccc3c3cc(-c4cc5cc6c(cc5c5ccc7c(c8ccccc8n7-c7ccccc7)c45)sc4ccccc46)ccc32)cc1. The van der Waals surface area contributed by atoms with E-state index in [4.69, 9.17) is 4.42 Å². The quantitative estimate of drug-likeness (QED) is 0.139. The number of thiophene rings is 4. The van der Waals surface area contributed by atoms with Gasteiger partial charge in [0, 0.05) is 131 Å². The molecule has 7 heterocycles. The molecule has 0 N–H and O–H groups in total. The fraction of sp³-hybridized carbons (Fsp3) is 0. The molecular weight excluding hydrogens is 1710 g/mol. The molecule has 0 saturated heterocycles. The minimum absolute atomic E-state index is 0.921. The first-order chi connectivity index (χ1) is 66.9. The first-order valence-corrected chi connectivity index (χ1v) is 49.4. The molecule has 7 aromatic heterocycles. The molecule has 0 atom stereocenters. The van der Waals surface area contributed by atoms with Gasteiger partial charge in [-0.05, 0) is 278 Å². The van der Waals surface area contributed by atoms with Gasteiger partial charge in [-0.25, -0.2) is 0 Å². The molecule has 7 heteroatoms. The van der Waals surface area contributed by atoms with Crippen molar-refractivity contribution in [3.05, 3.63) is 460 Å². The van der Waals surface area contributed by atoms with Crippen LogP contribution in [0, 0.1) is 0 Å². The number of furan rings is 1. The van der Waals surface area contributed by atoms with E-state index < -0.39 is 0 Å². The molecule has 0 bridgehead atoms. The molecule has 0 amide bonds. The largest absolute Gasteiger partial charge is 0.456 e. The van der Waals surface area contributed by atoms with E-state index in [2.05, 4.69) is 463 Å². The van der Waals surface area contributed by atoms with Crippen LogP contribution in [0.2, 0.25) is 0 Å². The van der Waals surface area contributed by atoms with Crippen molar-refractivity contribution in [2.75, 3.05) is 0 Å². The van der Waals surface area contributed by atoms with Crippen molar-refractivity contribution < 1.29 is 4.42 Å². The molecule has 0 aliphatic heterocycles. The van der Waals surface area contributed by atoms with Gasteiger partial charge in [0.25, 0.3) is 0 Å². The van der Waals surface area contributed by atoms with Gasteiger partial charge in [0.1, 0.15) is 11.2 Å². The highest BCUT2D eigenvalue weighted by atomic mass is 32.1. The second kappa shape index (κ2) is 31.2. The third kappa shape index (κ3) is 12.5. The van der Waals surface area contributed by atoms with Gasteiger partial charge in [-0.1, -0.05) is 297 Å². The van der Waals surface area contributed by atoms with Gasteiger partial charge >= 0.3 is 0 Å². The number of nitrogens with zero attached hydrogens (tertiary/aromatic N) is 2. The molecule has 0 fully saturated rings. The van der Waals surface area contributed by atoms with Gasteiger partial charge < -0.3 is 13.6 Å². The van der Waals surface area contributed by atoms with Crippen molar-refractivity contribution >= 4 is 246 Å². The number of rotatable bonds is 8. The monoisotopic (exact) mass is 1780 g/mol. The highest BCUT2D eigenvalue weighted by molar-refractivity contribution is 7.27. The Hall–Kier alpha value is -16.4. The van der Waals surface area contributed by atoms with E-state index in [0.717, 1.165) is 21.9 Å². The smallest absolute Gasteiger partial charge is 0.136 e. The molecular formula is C128H76N2OS4. The summed E-state index contributed by atoms with van der Waals surface area (Å²) >= 11 is 7.50. The maximum Gasteiger partial charge on any atom is 0.136 e. The van der Waals surface area contributed by atoms with Crippen LogP contribution in [0.5, 0.6) is 0 Å². The summed E-state index contributed by atoms with van der Waals surface area (Å²) in [5, 5.41) is 34.3. The molecule has 0 saturated carbocycles. The third-order valence-corrected chi connectivity index (χ3v) is 32.5. The van der Waals surface area contributed by atoms with Crippen molar-refractivity contribution in [1.29, 1.82) is 0 Å². The Kier molecular flexibility index (Phi) is 17.9. The van der Waals surface area contributed by atoms with Gasteiger partial charge in [-0.15, -0.1) is 45.3 Å². The second-order valence-corrected chi connectivity index (χ2v) is 39.6. The fourth-order valence-electron chi connectivity index (χ4n) is 21.9. The average molecular weight is 1790 g/mol. The van der Waals surface area contributed by atoms with Crippen LogP contribution in [-0.4, -0.2) is 9.13 Å². The van der Waals surface area contributed by atoms with Crippen molar-refractivity contribution in [3.8, 4) is 78.1 Å².